The third-order valence-electron chi connectivity index (χ3n) is 4.36. The molecule has 1 aromatic carbocycles. The molecule has 0 fully saturated rings. The van der Waals surface area contributed by atoms with Crippen LogP contribution < -0.4 is 0 Å². The lowest BCUT2D eigenvalue weighted by Gasteiger charge is -2.32. The van der Waals surface area contributed by atoms with E-state index in [1.54, 1.807) is 24.3 Å². The van der Waals surface area contributed by atoms with Crippen LogP contribution in [-0.4, -0.2) is 43.1 Å². The fraction of sp³-hybridized carbons (Fsp3) is 0.312. The number of aryl methyl sites for hydroxylation is 2. The second-order valence-electron chi connectivity index (χ2n) is 5.94. The number of hydrogen-bond donors (Lipinski definition) is 1. The Balaban J connectivity index is 2.03. The summed E-state index contributed by atoms with van der Waals surface area (Å²) in [5.41, 5.74) is 1.03. The van der Waals surface area contributed by atoms with Crippen LogP contribution in [0.2, 0.25) is 0 Å². The summed E-state index contributed by atoms with van der Waals surface area (Å²) in [5, 5.41) is 24.8. The monoisotopic (exact) mass is 344 g/mol. The highest BCUT2D eigenvalue weighted by Crippen LogP contribution is 2.31. The SMILES string of the molecule is Cc1nn(C)c(C(=O)N2Cc3ccccc3C(C(=O)O)C2)c1[N+](=O)[O-]. The largest absolute Gasteiger partial charge is 0.481 e. The van der Waals surface area contributed by atoms with Crippen molar-refractivity contribution in [3.63, 3.8) is 0 Å². The first-order valence-electron chi connectivity index (χ1n) is 7.59. The van der Waals surface area contributed by atoms with Gasteiger partial charge in [0.15, 0.2) is 0 Å². The molecule has 1 unspecified atom stereocenters. The molecule has 0 saturated heterocycles. The molecule has 0 radical (unpaired) electrons. The van der Waals surface area contributed by atoms with Gasteiger partial charge in [0.25, 0.3) is 5.91 Å². The van der Waals surface area contributed by atoms with Gasteiger partial charge in [-0.3, -0.25) is 24.4 Å². The summed E-state index contributed by atoms with van der Waals surface area (Å²) >= 11 is 0. The molecule has 130 valence electrons. The Labute approximate surface area is 142 Å². The molecule has 0 bridgehead atoms. The molecule has 25 heavy (non-hydrogen) atoms. The quantitative estimate of drug-likeness (QED) is 0.665. The minimum Gasteiger partial charge on any atom is -0.481 e. The molecule has 2 heterocycles. The highest BCUT2D eigenvalue weighted by atomic mass is 16.6. The summed E-state index contributed by atoms with van der Waals surface area (Å²) in [6.45, 7) is 1.60. The summed E-state index contributed by atoms with van der Waals surface area (Å²) in [6.07, 6.45) is 0. The van der Waals surface area contributed by atoms with Gasteiger partial charge in [-0.2, -0.15) is 5.10 Å². The number of hydrogen-bond acceptors (Lipinski definition) is 5. The number of amides is 1. The topological polar surface area (TPSA) is 119 Å². The summed E-state index contributed by atoms with van der Waals surface area (Å²) in [5.74, 6) is -2.52. The first-order chi connectivity index (χ1) is 11.8. The molecule has 1 aliphatic rings. The minimum atomic E-state index is -1.04. The van der Waals surface area contributed by atoms with E-state index >= 15 is 0 Å². The Morgan fingerprint density at radius 3 is 2.68 bits per heavy atom. The number of carbonyl (C=O) groups excluding carboxylic acids is 1. The number of nitrogens with zero attached hydrogens (tertiary/aromatic N) is 4. The zero-order valence-electron chi connectivity index (χ0n) is 13.7. The number of carboxylic acids is 1. The third kappa shape index (κ3) is 2.73. The van der Waals surface area contributed by atoms with Crippen molar-refractivity contribution in [2.45, 2.75) is 19.4 Å². The number of aliphatic carboxylic acids is 1. The average molecular weight is 344 g/mol. The van der Waals surface area contributed by atoms with Crippen molar-refractivity contribution in [1.29, 1.82) is 0 Å². The number of carbonyl (C=O) groups is 2. The molecule has 0 spiro atoms. The highest BCUT2D eigenvalue weighted by molar-refractivity contribution is 5.97. The van der Waals surface area contributed by atoms with Crippen LogP contribution in [0.4, 0.5) is 5.69 Å². The molecule has 9 heteroatoms. The predicted octanol–water partition coefficient (Wildman–Crippen LogP) is 1.46. The summed E-state index contributed by atoms with van der Waals surface area (Å²) < 4.78 is 1.17. The van der Waals surface area contributed by atoms with Crippen molar-refractivity contribution >= 4 is 17.6 Å². The molecule has 2 aromatic rings. The van der Waals surface area contributed by atoms with Crippen LogP contribution >= 0.6 is 0 Å². The van der Waals surface area contributed by atoms with Crippen molar-refractivity contribution in [2.75, 3.05) is 6.54 Å². The second-order valence-corrected chi connectivity index (χ2v) is 5.94. The van der Waals surface area contributed by atoms with Crippen LogP contribution in [0.1, 0.15) is 33.2 Å². The summed E-state index contributed by atoms with van der Waals surface area (Å²) in [6, 6.07) is 7.00. The molecule has 1 aliphatic heterocycles. The molecule has 9 nitrogen and oxygen atoms in total. The van der Waals surface area contributed by atoms with E-state index in [-0.39, 0.29) is 30.2 Å². The predicted molar refractivity (Wildman–Crippen MR) is 86.2 cm³/mol. The molecule has 0 saturated carbocycles. The number of benzene rings is 1. The number of fused-ring (bicyclic) bond motifs is 1. The van der Waals surface area contributed by atoms with E-state index in [2.05, 4.69) is 5.10 Å². The molecule has 0 aliphatic carbocycles. The molecule has 3 rings (SSSR count). The van der Waals surface area contributed by atoms with Gasteiger partial charge in [-0.15, -0.1) is 0 Å². The van der Waals surface area contributed by atoms with Gasteiger partial charge in [-0.1, -0.05) is 24.3 Å². The first kappa shape index (κ1) is 16.6. The smallest absolute Gasteiger partial charge is 0.322 e. The molecule has 1 amide bonds. The molecule has 1 atom stereocenters. The van der Waals surface area contributed by atoms with Gasteiger partial charge in [0, 0.05) is 20.1 Å². The van der Waals surface area contributed by atoms with Crippen LogP contribution in [0.5, 0.6) is 0 Å². The highest BCUT2D eigenvalue weighted by Gasteiger charge is 2.37. The van der Waals surface area contributed by atoms with Crippen LogP contribution in [0.25, 0.3) is 0 Å². The van der Waals surface area contributed by atoms with Crippen molar-refractivity contribution in [3.05, 3.63) is 56.9 Å². The third-order valence-corrected chi connectivity index (χ3v) is 4.36. The van der Waals surface area contributed by atoms with Crippen LogP contribution in [0.3, 0.4) is 0 Å². The van der Waals surface area contributed by atoms with Gasteiger partial charge in [0.1, 0.15) is 5.69 Å². The normalized spacial score (nSPS) is 16.4. The van der Waals surface area contributed by atoms with E-state index in [4.69, 9.17) is 0 Å². The number of aromatic nitrogens is 2. The number of carboxylic acid groups (broad SMARTS) is 1. The maximum Gasteiger partial charge on any atom is 0.322 e. The lowest BCUT2D eigenvalue weighted by atomic mass is 9.89. The van der Waals surface area contributed by atoms with Gasteiger partial charge >= 0.3 is 11.7 Å². The van der Waals surface area contributed by atoms with Gasteiger partial charge in [-0.05, 0) is 18.1 Å². The minimum absolute atomic E-state index is 0.0490. The van der Waals surface area contributed by atoms with E-state index in [1.807, 2.05) is 0 Å². The van der Waals surface area contributed by atoms with Crippen molar-refractivity contribution in [1.82, 2.24) is 14.7 Å². The Morgan fingerprint density at radius 2 is 2.04 bits per heavy atom. The Bertz CT molecular complexity index is 889. The standard InChI is InChI=1S/C16H16N4O5/c1-9-13(20(24)25)14(18(2)17-9)15(21)19-7-10-5-3-4-6-11(10)12(8-19)16(22)23/h3-6,12H,7-8H2,1-2H3,(H,22,23). The zero-order chi connectivity index (χ0) is 18.3. The van der Waals surface area contributed by atoms with Crippen molar-refractivity contribution < 1.29 is 19.6 Å². The van der Waals surface area contributed by atoms with E-state index in [9.17, 15) is 24.8 Å². The lowest BCUT2D eigenvalue weighted by Crippen LogP contribution is -2.41. The van der Waals surface area contributed by atoms with E-state index in [0.717, 1.165) is 5.56 Å². The number of rotatable bonds is 3. The van der Waals surface area contributed by atoms with E-state index in [0.29, 0.717) is 5.56 Å². The van der Waals surface area contributed by atoms with Crippen LogP contribution in [-0.2, 0) is 18.4 Å². The molecular weight excluding hydrogens is 328 g/mol. The van der Waals surface area contributed by atoms with Gasteiger partial charge in [0.05, 0.1) is 10.8 Å². The molecule has 1 N–H and O–H groups in total. The average Bonchev–Trinajstić information content (AvgIpc) is 2.87. The first-order valence-corrected chi connectivity index (χ1v) is 7.59. The van der Waals surface area contributed by atoms with Crippen LogP contribution in [0, 0.1) is 17.0 Å². The van der Waals surface area contributed by atoms with Gasteiger partial charge in [0.2, 0.25) is 5.69 Å². The molecule has 1 aromatic heterocycles. The number of nitro groups is 1. The Morgan fingerprint density at radius 1 is 1.36 bits per heavy atom. The van der Waals surface area contributed by atoms with Gasteiger partial charge < -0.3 is 10.0 Å². The fourth-order valence-electron chi connectivity index (χ4n) is 3.23. The maximum atomic E-state index is 12.9. The maximum absolute atomic E-state index is 12.9. The molecular formula is C16H16N4O5. The van der Waals surface area contributed by atoms with Gasteiger partial charge in [-0.25, -0.2) is 0 Å². The van der Waals surface area contributed by atoms with Crippen LogP contribution in [0.15, 0.2) is 24.3 Å². The lowest BCUT2D eigenvalue weighted by molar-refractivity contribution is -0.385. The Kier molecular flexibility index (Phi) is 3.99. The van der Waals surface area contributed by atoms with E-state index < -0.39 is 22.7 Å². The zero-order valence-corrected chi connectivity index (χ0v) is 13.7. The fourth-order valence-corrected chi connectivity index (χ4v) is 3.23. The summed E-state index contributed by atoms with van der Waals surface area (Å²) in [7, 11) is 1.46. The Hall–Kier alpha value is -3.23. The van der Waals surface area contributed by atoms with E-state index in [1.165, 1.54) is 23.6 Å². The van der Waals surface area contributed by atoms with Crippen molar-refractivity contribution in [3.8, 4) is 0 Å². The summed E-state index contributed by atoms with van der Waals surface area (Å²) in [4.78, 5) is 36.5. The van der Waals surface area contributed by atoms with Crippen molar-refractivity contribution in [2.24, 2.45) is 7.05 Å². The second kappa shape index (κ2) is 6.00.